The molecule has 0 saturated carbocycles. The summed E-state index contributed by atoms with van der Waals surface area (Å²) in [5.74, 6) is 1.46. The van der Waals surface area contributed by atoms with E-state index in [0.717, 1.165) is 28.1 Å². The lowest BCUT2D eigenvalue weighted by atomic mass is 9.94. The van der Waals surface area contributed by atoms with E-state index in [1.807, 2.05) is 16.3 Å². The predicted molar refractivity (Wildman–Crippen MR) is 112 cm³/mol. The molecule has 0 fully saturated rings. The fourth-order valence-corrected chi connectivity index (χ4v) is 5.15. The first kappa shape index (κ1) is 20.6. The summed E-state index contributed by atoms with van der Waals surface area (Å²) in [6.07, 6.45) is -0.166. The predicted octanol–water partition coefficient (Wildman–Crippen LogP) is 2.06. The number of fused-ring (bicyclic) bond motifs is 5. The molecule has 0 bridgehead atoms. The maximum absolute atomic E-state index is 9.80. The molecule has 0 unspecified atom stereocenters. The lowest BCUT2D eigenvalue weighted by molar-refractivity contribution is -0.0379. The first-order valence-corrected chi connectivity index (χ1v) is 10.8. The van der Waals surface area contributed by atoms with Crippen molar-refractivity contribution in [3.05, 3.63) is 22.1 Å². The largest absolute Gasteiger partial charge is 0.392 e. The molecule has 29 heavy (non-hydrogen) atoms. The number of aromatic nitrogens is 4. The highest BCUT2D eigenvalue weighted by Crippen LogP contribution is 2.39. The third-order valence-corrected chi connectivity index (χ3v) is 6.22. The van der Waals surface area contributed by atoms with E-state index in [-0.39, 0.29) is 5.60 Å². The fourth-order valence-electron chi connectivity index (χ4n) is 4.00. The molecule has 1 aliphatic heterocycles. The Balaban J connectivity index is 1.77. The van der Waals surface area contributed by atoms with Gasteiger partial charge in [-0.2, -0.15) is 4.52 Å². The number of aryl methyl sites for hydroxylation is 1. The van der Waals surface area contributed by atoms with E-state index < -0.39 is 12.2 Å². The van der Waals surface area contributed by atoms with E-state index in [1.165, 1.54) is 10.4 Å². The minimum absolute atomic E-state index is 0.211. The van der Waals surface area contributed by atoms with Crippen LogP contribution in [-0.4, -0.2) is 65.6 Å². The van der Waals surface area contributed by atoms with E-state index in [2.05, 4.69) is 13.8 Å². The van der Waals surface area contributed by atoms with Crippen LogP contribution in [-0.2, 0) is 24.3 Å². The van der Waals surface area contributed by atoms with Crippen molar-refractivity contribution in [1.29, 1.82) is 0 Å². The van der Waals surface area contributed by atoms with Crippen LogP contribution in [0.25, 0.3) is 15.9 Å². The first-order chi connectivity index (χ1) is 13.6. The van der Waals surface area contributed by atoms with Gasteiger partial charge in [-0.1, -0.05) is 0 Å². The van der Waals surface area contributed by atoms with Crippen molar-refractivity contribution in [1.82, 2.24) is 24.5 Å². The lowest BCUT2D eigenvalue weighted by Gasteiger charge is -2.30. The molecule has 0 aliphatic carbocycles. The molecule has 9 heteroatoms. The topological polar surface area (TPSA) is 96.0 Å². The molecule has 0 amide bonds. The summed E-state index contributed by atoms with van der Waals surface area (Å²) in [6, 6.07) is 0. The molecule has 4 heterocycles. The highest BCUT2D eigenvalue weighted by molar-refractivity contribution is 7.19. The van der Waals surface area contributed by atoms with Crippen LogP contribution in [0, 0.1) is 6.92 Å². The maximum atomic E-state index is 9.80. The molecular formula is C20H29N5O3S. The van der Waals surface area contributed by atoms with Gasteiger partial charge in [0.1, 0.15) is 10.7 Å². The number of aliphatic hydroxyl groups is 2. The van der Waals surface area contributed by atoms with Crippen LogP contribution in [0.2, 0.25) is 0 Å². The van der Waals surface area contributed by atoms with Crippen molar-refractivity contribution in [2.45, 2.75) is 72.0 Å². The van der Waals surface area contributed by atoms with Gasteiger partial charge in [0.25, 0.3) is 0 Å². The van der Waals surface area contributed by atoms with Gasteiger partial charge in [0.2, 0.25) is 0 Å². The third-order valence-electron chi connectivity index (χ3n) is 5.12. The molecule has 4 rings (SSSR count). The van der Waals surface area contributed by atoms with Crippen molar-refractivity contribution >= 4 is 27.2 Å². The molecule has 8 nitrogen and oxygen atoms in total. The summed E-state index contributed by atoms with van der Waals surface area (Å²) >= 11 is 1.68. The number of hydrogen-bond acceptors (Lipinski definition) is 8. The Hall–Kier alpha value is -1.65. The lowest BCUT2D eigenvalue weighted by Crippen LogP contribution is -2.36. The normalized spacial score (nSPS) is 18.5. The van der Waals surface area contributed by atoms with Crippen molar-refractivity contribution in [3.63, 3.8) is 0 Å². The van der Waals surface area contributed by atoms with Crippen LogP contribution in [0.4, 0.5) is 0 Å². The van der Waals surface area contributed by atoms with Gasteiger partial charge in [-0.05, 0) is 40.2 Å². The van der Waals surface area contributed by atoms with E-state index in [4.69, 9.17) is 19.8 Å². The minimum Gasteiger partial charge on any atom is -0.392 e. The highest BCUT2D eigenvalue weighted by atomic mass is 32.1. The standard InChI is InChI=1S/C20H29N5O3S/c1-11(26)7-24(8-12(2)27)9-16-22-18-17-14-6-20(4,5)28-10-15(14)29-19(17)21-13(3)25(18)23-16/h11-12,26-27H,6-10H2,1-5H3/t11-,12+. The first-order valence-electron chi connectivity index (χ1n) is 10.0. The molecule has 0 aromatic carbocycles. The molecule has 1 aliphatic rings. The number of thiophene rings is 1. The quantitative estimate of drug-likeness (QED) is 0.631. The Morgan fingerprint density at radius 3 is 2.55 bits per heavy atom. The Labute approximate surface area is 174 Å². The second kappa shape index (κ2) is 7.55. The summed E-state index contributed by atoms with van der Waals surface area (Å²) in [4.78, 5) is 13.8. The van der Waals surface area contributed by atoms with Gasteiger partial charge in [-0.25, -0.2) is 9.97 Å². The molecule has 0 spiro atoms. The van der Waals surface area contributed by atoms with Crippen LogP contribution in [0.5, 0.6) is 0 Å². The van der Waals surface area contributed by atoms with Crippen LogP contribution in [0.15, 0.2) is 0 Å². The van der Waals surface area contributed by atoms with Crippen molar-refractivity contribution in [2.24, 2.45) is 0 Å². The van der Waals surface area contributed by atoms with Crippen LogP contribution in [0.1, 0.15) is 49.8 Å². The molecule has 0 radical (unpaired) electrons. The average molecular weight is 420 g/mol. The molecule has 2 atom stereocenters. The van der Waals surface area contributed by atoms with Crippen molar-refractivity contribution in [3.8, 4) is 0 Å². The average Bonchev–Trinajstić information content (AvgIpc) is 3.13. The van der Waals surface area contributed by atoms with Crippen LogP contribution >= 0.6 is 11.3 Å². The third kappa shape index (κ3) is 4.15. The van der Waals surface area contributed by atoms with Crippen LogP contribution < -0.4 is 0 Å². The fraction of sp³-hybridized carbons (Fsp3) is 0.650. The maximum Gasteiger partial charge on any atom is 0.168 e. The number of hydrogen-bond donors (Lipinski definition) is 2. The molecule has 3 aromatic heterocycles. The van der Waals surface area contributed by atoms with Gasteiger partial charge in [0.15, 0.2) is 11.5 Å². The second-order valence-electron chi connectivity index (χ2n) is 8.72. The summed E-state index contributed by atoms with van der Waals surface area (Å²) in [7, 11) is 0. The Bertz CT molecular complexity index is 1030. The Kier molecular flexibility index (Phi) is 5.37. The summed E-state index contributed by atoms with van der Waals surface area (Å²) in [6.45, 7) is 11.6. The zero-order valence-corrected chi connectivity index (χ0v) is 18.5. The smallest absolute Gasteiger partial charge is 0.168 e. The van der Waals surface area contributed by atoms with Gasteiger partial charge in [-0.15, -0.1) is 16.4 Å². The molecule has 158 valence electrons. The SMILES string of the molecule is Cc1nc2sc3c(c2c2nc(CN(C[C@H](C)O)C[C@@H](C)O)nn12)CC(C)(C)OC3. The molecule has 0 saturated heterocycles. The number of rotatable bonds is 6. The zero-order chi connectivity index (χ0) is 20.9. The number of nitrogens with zero attached hydrogens (tertiary/aromatic N) is 5. The number of aliphatic hydroxyl groups excluding tert-OH is 2. The van der Waals surface area contributed by atoms with E-state index in [9.17, 15) is 10.2 Å². The van der Waals surface area contributed by atoms with Crippen molar-refractivity contribution in [2.75, 3.05) is 13.1 Å². The summed E-state index contributed by atoms with van der Waals surface area (Å²) in [5.41, 5.74) is 1.88. The van der Waals surface area contributed by atoms with Gasteiger partial charge >= 0.3 is 0 Å². The molecule has 3 aromatic rings. The van der Waals surface area contributed by atoms with E-state index >= 15 is 0 Å². The Morgan fingerprint density at radius 1 is 1.21 bits per heavy atom. The second-order valence-corrected chi connectivity index (χ2v) is 9.81. The van der Waals surface area contributed by atoms with E-state index in [0.29, 0.717) is 32.1 Å². The van der Waals surface area contributed by atoms with Gasteiger partial charge in [0, 0.05) is 24.4 Å². The van der Waals surface area contributed by atoms with Crippen molar-refractivity contribution < 1.29 is 14.9 Å². The monoisotopic (exact) mass is 419 g/mol. The number of ether oxygens (including phenoxy) is 1. The van der Waals surface area contributed by atoms with Gasteiger partial charge in [0.05, 0.1) is 36.3 Å². The molecular weight excluding hydrogens is 390 g/mol. The van der Waals surface area contributed by atoms with Crippen LogP contribution in [0.3, 0.4) is 0 Å². The summed E-state index contributed by atoms with van der Waals surface area (Å²) < 4.78 is 7.80. The summed E-state index contributed by atoms with van der Waals surface area (Å²) in [5, 5.41) is 25.4. The Morgan fingerprint density at radius 2 is 1.90 bits per heavy atom. The van der Waals surface area contributed by atoms with Gasteiger partial charge in [-0.3, -0.25) is 4.90 Å². The zero-order valence-electron chi connectivity index (χ0n) is 17.6. The molecule has 2 N–H and O–H groups in total. The minimum atomic E-state index is -0.494. The highest BCUT2D eigenvalue weighted by Gasteiger charge is 2.31. The van der Waals surface area contributed by atoms with E-state index in [1.54, 1.807) is 25.2 Å². The van der Waals surface area contributed by atoms with Gasteiger partial charge < -0.3 is 14.9 Å².